The average Bonchev–Trinajstić information content (AvgIpc) is 2.46. The number of aromatic nitrogens is 3. The maximum Gasteiger partial charge on any atom is 0.289 e. The van der Waals surface area contributed by atoms with Crippen LogP contribution in [-0.2, 0) is 6.54 Å². The van der Waals surface area contributed by atoms with Crippen LogP contribution in [0.5, 0.6) is 0 Å². The van der Waals surface area contributed by atoms with Crippen molar-refractivity contribution in [3.05, 3.63) is 48.2 Å². The van der Waals surface area contributed by atoms with Gasteiger partial charge >= 0.3 is 0 Å². The first kappa shape index (κ1) is 12.0. The average molecular weight is 243 g/mol. The largest absolute Gasteiger partial charge is 0.373 e. The van der Waals surface area contributed by atoms with Gasteiger partial charge in [0, 0.05) is 32.2 Å². The van der Waals surface area contributed by atoms with E-state index in [1.54, 1.807) is 19.3 Å². The van der Waals surface area contributed by atoms with Gasteiger partial charge in [-0.05, 0) is 23.8 Å². The van der Waals surface area contributed by atoms with Crippen LogP contribution in [-0.4, -0.2) is 27.9 Å². The summed E-state index contributed by atoms with van der Waals surface area (Å²) in [5.74, 6) is 0.636. The molecule has 0 unspecified atom stereocenters. The fourth-order valence-electron chi connectivity index (χ4n) is 1.40. The monoisotopic (exact) mass is 243 g/mol. The Labute approximate surface area is 105 Å². The van der Waals surface area contributed by atoms with E-state index in [4.69, 9.17) is 0 Å². The molecule has 2 heterocycles. The van der Waals surface area contributed by atoms with Crippen LogP contribution >= 0.6 is 0 Å². The predicted molar refractivity (Wildman–Crippen MR) is 67.0 cm³/mol. The first-order chi connectivity index (χ1) is 8.79. The first-order valence-corrected chi connectivity index (χ1v) is 5.47. The Morgan fingerprint density at radius 1 is 1.22 bits per heavy atom. The van der Waals surface area contributed by atoms with Gasteiger partial charge in [-0.15, -0.1) is 0 Å². The molecule has 6 heteroatoms. The molecule has 92 valence electrons. The van der Waals surface area contributed by atoms with Gasteiger partial charge in [0.1, 0.15) is 5.82 Å². The van der Waals surface area contributed by atoms with E-state index in [9.17, 15) is 4.79 Å². The quantitative estimate of drug-likeness (QED) is 0.832. The van der Waals surface area contributed by atoms with Gasteiger partial charge in [0.25, 0.3) is 5.91 Å². The SMILES string of the molecule is CNc1cc(CNC(=O)c2ncccn2)ccn1. The van der Waals surface area contributed by atoms with E-state index in [1.165, 1.54) is 12.4 Å². The van der Waals surface area contributed by atoms with Crippen LogP contribution in [0.1, 0.15) is 16.2 Å². The van der Waals surface area contributed by atoms with Crippen LogP contribution < -0.4 is 10.6 Å². The minimum absolute atomic E-state index is 0.167. The van der Waals surface area contributed by atoms with Crippen molar-refractivity contribution >= 4 is 11.7 Å². The Morgan fingerprint density at radius 2 is 2.00 bits per heavy atom. The second-order valence-electron chi connectivity index (χ2n) is 3.55. The lowest BCUT2D eigenvalue weighted by Crippen LogP contribution is -2.24. The van der Waals surface area contributed by atoms with Gasteiger partial charge in [-0.1, -0.05) is 0 Å². The zero-order chi connectivity index (χ0) is 12.8. The van der Waals surface area contributed by atoms with Gasteiger partial charge in [0.2, 0.25) is 5.82 Å². The number of amides is 1. The Morgan fingerprint density at radius 3 is 2.72 bits per heavy atom. The van der Waals surface area contributed by atoms with Crippen LogP contribution in [0, 0.1) is 0 Å². The maximum absolute atomic E-state index is 11.7. The molecule has 0 atom stereocenters. The molecule has 1 amide bonds. The van der Waals surface area contributed by atoms with Crippen molar-refractivity contribution in [3.8, 4) is 0 Å². The summed E-state index contributed by atoms with van der Waals surface area (Å²) < 4.78 is 0. The highest BCUT2D eigenvalue weighted by Gasteiger charge is 2.07. The molecule has 0 saturated heterocycles. The molecule has 6 nitrogen and oxygen atoms in total. The maximum atomic E-state index is 11.7. The minimum atomic E-state index is -0.293. The molecular weight excluding hydrogens is 230 g/mol. The lowest BCUT2D eigenvalue weighted by atomic mass is 10.2. The molecule has 0 bridgehead atoms. The molecule has 2 aromatic heterocycles. The van der Waals surface area contributed by atoms with Gasteiger partial charge in [0.05, 0.1) is 0 Å². The lowest BCUT2D eigenvalue weighted by Gasteiger charge is -2.05. The fourth-order valence-corrected chi connectivity index (χ4v) is 1.40. The molecule has 0 fully saturated rings. The smallest absolute Gasteiger partial charge is 0.289 e. The minimum Gasteiger partial charge on any atom is -0.373 e. The summed E-state index contributed by atoms with van der Waals surface area (Å²) in [6, 6.07) is 5.37. The summed E-state index contributed by atoms with van der Waals surface area (Å²) in [5, 5.41) is 5.69. The van der Waals surface area contributed by atoms with E-state index in [0.29, 0.717) is 6.54 Å². The predicted octanol–water partition coefficient (Wildman–Crippen LogP) is 0.843. The summed E-state index contributed by atoms with van der Waals surface area (Å²) in [5.41, 5.74) is 0.957. The van der Waals surface area contributed by atoms with E-state index in [1.807, 2.05) is 12.1 Å². The Balaban J connectivity index is 1.97. The molecule has 2 N–H and O–H groups in total. The van der Waals surface area contributed by atoms with E-state index in [0.717, 1.165) is 11.4 Å². The molecule has 0 aliphatic heterocycles. The topological polar surface area (TPSA) is 79.8 Å². The molecule has 0 radical (unpaired) electrons. The van der Waals surface area contributed by atoms with Gasteiger partial charge < -0.3 is 10.6 Å². The molecule has 0 spiro atoms. The zero-order valence-corrected chi connectivity index (χ0v) is 9.92. The molecule has 0 aliphatic rings. The van der Waals surface area contributed by atoms with Crippen LogP contribution in [0.3, 0.4) is 0 Å². The van der Waals surface area contributed by atoms with Gasteiger partial charge in [-0.2, -0.15) is 0 Å². The third kappa shape index (κ3) is 3.00. The van der Waals surface area contributed by atoms with E-state index < -0.39 is 0 Å². The van der Waals surface area contributed by atoms with Crippen molar-refractivity contribution in [1.82, 2.24) is 20.3 Å². The second-order valence-corrected chi connectivity index (χ2v) is 3.55. The highest BCUT2D eigenvalue weighted by atomic mass is 16.2. The van der Waals surface area contributed by atoms with Crippen molar-refractivity contribution in [2.75, 3.05) is 12.4 Å². The second kappa shape index (κ2) is 5.72. The Kier molecular flexibility index (Phi) is 3.80. The highest BCUT2D eigenvalue weighted by Crippen LogP contribution is 2.05. The summed E-state index contributed by atoms with van der Waals surface area (Å²) >= 11 is 0. The van der Waals surface area contributed by atoms with Gasteiger partial charge in [-0.3, -0.25) is 4.79 Å². The van der Waals surface area contributed by atoms with E-state index in [-0.39, 0.29) is 11.7 Å². The summed E-state index contributed by atoms with van der Waals surface area (Å²) in [4.78, 5) is 23.6. The standard InChI is InChI=1S/C12H13N5O/c1-13-10-7-9(3-6-14-10)8-17-12(18)11-15-4-2-5-16-11/h2-7H,8H2,1H3,(H,13,14)(H,17,18). The number of hydrogen-bond donors (Lipinski definition) is 2. The van der Waals surface area contributed by atoms with E-state index in [2.05, 4.69) is 25.6 Å². The summed E-state index contributed by atoms with van der Waals surface area (Å²) in [6.07, 6.45) is 4.76. The molecule has 2 aromatic rings. The Hall–Kier alpha value is -2.50. The molecule has 2 rings (SSSR count). The van der Waals surface area contributed by atoms with Crippen molar-refractivity contribution in [1.29, 1.82) is 0 Å². The number of nitrogens with zero attached hydrogens (tertiary/aromatic N) is 3. The third-order valence-electron chi connectivity index (χ3n) is 2.30. The Bertz CT molecular complexity index is 529. The fraction of sp³-hybridized carbons (Fsp3) is 0.167. The molecule has 18 heavy (non-hydrogen) atoms. The molecular formula is C12H13N5O. The van der Waals surface area contributed by atoms with Crippen LogP contribution in [0.2, 0.25) is 0 Å². The van der Waals surface area contributed by atoms with Crippen molar-refractivity contribution in [2.45, 2.75) is 6.54 Å². The molecule has 0 aromatic carbocycles. The number of nitrogens with one attached hydrogen (secondary N) is 2. The van der Waals surface area contributed by atoms with E-state index >= 15 is 0 Å². The number of carbonyl (C=O) groups excluding carboxylic acids is 1. The van der Waals surface area contributed by atoms with Crippen molar-refractivity contribution in [2.24, 2.45) is 0 Å². The number of hydrogen-bond acceptors (Lipinski definition) is 5. The van der Waals surface area contributed by atoms with Crippen LogP contribution in [0.15, 0.2) is 36.8 Å². The summed E-state index contributed by atoms with van der Waals surface area (Å²) in [6.45, 7) is 0.411. The number of pyridine rings is 1. The molecule has 0 aliphatic carbocycles. The molecule has 0 saturated carbocycles. The van der Waals surface area contributed by atoms with Gasteiger partial charge in [-0.25, -0.2) is 15.0 Å². The summed E-state index contributed by atoms with van der Waals surface area (Å²) in [7, 11) is 1.79. The number of anilines is 1. The highest BCUT2D eigenvalue weighted by molar-refractivity contribution is 5.90. The van der Waals surface area contributed by atoms with Crippen LogP contribution in [0.25, 0.3) is 0 Å². The van der Waals surface area contributed by atoms with Gasteiger partial charge in [0.15, 0.2) is 0 Å². The first-order valence-electron chi connectivity index (χ1n) is 5.47. The normalized spacial score (nSPS) is 9.83. The van der Waals surface area contributed by atoms with Crippen molar-refractivity contribution < 1.29 is 4.79 Å². The van der Waals surface area contributed by atoms with Crippen LogP contribution in [0.4, 0.5) is 5.82 Å². The number of carbonyl (C=O) groups is 1. The van der Waals surface area contributed by atoms with Crippen molar-refractivity contribution in [3.63, 3.8) is 0 Å². The number of rotatable bonds is 4. The zero-order valence-electron chi connectivity index (χ0n) is 9.92. The lowest BCUT2D eigenvalue weighted by molar-refractivity contribution is 0.0940. The third-order valence-corrected chi connectivity index (χ3v) is 2.30.